The first-order valence-electron chi connectivity index (χ1n) is 3.33. The van der Waals surface area contributed by atoms with Gasteiger partial charge in [-0.05, 0) is 6.42 Å². The van der Waals surface area contributed by atoms with Crippen molar-refractivity contribution in [3.8, 4) is 0 Å². The van der Waals surface area contributed by atoms with Crippen molar-refractivity contribution in [3.05, 3.63) is 12.2 Å². The third-order valence-corrected chi connectivity index (χ3v) is 2.38. The van der Waals surface area contributed by atoms with Gasteiger partial charge in [0.2, 0.25) is 0 Å². The van der Waals surface area contributed by atoms with Crippen LogP contribution < -0.4 is 0 Å². The van der Waals surface area contributed by atoms with E-state index in [0.29, 0.717) is 0 Å². The normalized spacial score (nSPS) is 54.9. The molecule has 2 nitrogen and oxygen atoms in total. The molecule has 0 spiro atoms. The van der Waals surface area contributed by atoms with E-state index >= 15 is 0 Å². The molecule has 2 rings (SSSR count). The Bertz CT molecular complexity index is 137. The highest BCUT2D eigenvalue weighted by Gasteiger charge is 2.42. The van der Waals surface area contributed by atoms with Crippen molar-refractivity contribution in [2.45, 2.75) is 18.6 Å². The van der Waals surface area contributed by atoms with Crippen LogP contribution in [-0.2, 0) is 0 Å². The second-order valence-electron chi connectivity index (χ2n) is 2.93. The van der Waals surface area contributed by atoms with Gasteiger partial charge in [-0.15, -0.1) is 0 Å². The lowest BCUT2D eigenvalue weighted by Crippen LogP contribution is -2.29. The Hall–Kier alpha value is -0.340. The van der Waals surface area contributed by atoms with Crippen LogP contribution in [0.5, 0.6) is 0 Å². The Kier molecular flexibility index (Phi) is 0.957. The van der Waals surface area contributed by atoms with Gasteiger partial charge in [0.05, 0.1) is 12.2 Å². The lowest BCUT2D eigenvalue weighted by atomic mass is 10.0. The average molecular weight is 126 g/mol. The zero-order valence-corrected chi connectivity index (χ0v) is 5.07. The molecule has 0 aliphatic heterocycles. The van der Waals surface area contributed by atoms with Crippen LogP contribution >= 0.6 is 0 Å². The van der Waals surface area contributed by atoms with Gasteiger partial charge in [-0.1, -0.05) is 12.2 Å². The fourth-order valence-electron chi connectivity index (χ4n) is 1.77. The highest BCUT2D eigenvalue weighted by molar-refractivity contribution is 5.14. The summed E-state index contributed by atoms with van der Waals surface area (Å²) in [5.74, 6) is 0.481. The van der Waals surface area contributed by atoms with Crippen LogP contribution in [0.1, 0.15) is 6.42 Å². The maximum Gasteiger partial charge on any atom is 0.0867 e. The lowest BCUT2D eigenvalue weighted by molar-refractivity contribution is 0.0135. The van der Waals surface area contributed by atoms with Gasteiger partial charge in [0, 0.05) is 11.8 Å². The van der Waals surface area contributed by atoms with E-state index in [1.54, 1.807) is 0 Å². The molecule has 0 aromatic carbocycles. The van der Waals surface area contributed by atoms with E-state index in [1.165, 1.54) is 0 Å². The summed E-state index contributed by atoms with van der Waals surface area (Å²) in [6, 6.07) is 0. The Morgan fingerprint density at radius 2 is 1.44 bits per heavy atom. The highest BCUT2D eigenvalue weighted by Crippen LogP contribution is 2.38. The Morgan fingerprint density at radius 3 is 1.67 bits per heavy atom. The number of aliphatic hydroxyl groups excluding tert-OH is 2. The molecule has 0 radical (unpaired) electrons. The molecule has 0 saturated heterocycles. The molecule has 1 fully saturated rings. The zero-order chi connectivity index (χ0) is 6.43. The fraction of sp³-hybridized carbons (Fsp3) is 0.714. The highest BCUT2D eigenvalue weighted by atomic mass is 16.3. The molecule has 4 atom stereocenters. The van der Waals surface area contributed by atoms with Crippen molar-refractivity contribution >= 4 is 0 Å². The molecular formula is C7H10O2. The molecule has 0 aromatic rings. The van der Waals surface area contributed by atoms with E-state index in [-0.39, 0.29) is 11.8 Å². The van der Waals surface area contributed by atoms with Gasteiger partial charge >= 0.3 is 0 Å². The summed E-state index contributed by atoms with van der Waals surface area (Å²) in [4.78, 5) is 0. The summed E-state index contributed by atoms with van der Waals surface area (Å²) in [5, 5.41) is 18.4. The van der Waals surface area contributed by atoms with Crippen molar-refractivity contribution in [2.24, 2.45) is 11.8 Å². The monoisotopic (exact) mass is 126 g/mol. The van der Waals surface area contributed by atoms with Gasteiger partial charge in [0.15, 0.2) is 0 Å². The first-order valence-corrected chi connectivity index (χ1v) is 3.33. The van der Waals surface area contributed by atoms with E-state index in [1.807, 2.05) is 12.2 Å². The van der Waals surface area contributed by atoms with Gasteiger partial charge in [0.1, 0.15) is 0 Å². The van der Waals surface area contributed by atoms with Crippen molar-refractivity contribution in [2.75, 3.05) is 0 Å². The molecule has 2 aliphatic rings. The van der Waals surface area contributed by atoms with Gasteiger partial charge in [0.25, 0.3) is 0 Å². The number of hydrogen-bond acceptors (Lipinski definition) is 2. The Labute approximate surface area is 53.8 Å². The topological polar surface area (TPSA) is 40.5 Å². The van der Waals surface area contributed by atoms with Crippen LogP contribution in [0.15, 0.2) is 12.2 Å². The fourth-order valence-corrected chi connectivity index (χ4v) is 1.77. The molecule has 1 saturated carbocycles. The third-order valence-electron chi connectivity index (χ3n) is 2.38. The maximum atomic E-state index is 9.19. The van der Waals surface area contributed by atoms with Gasteiger partial charge in [-0.2, -0.15) is 0 Å². The second-order valence-corrected chi connectivity index (χ2v) is 2.93. The first kappa shape index (κ1) is 5.45. The number of hydrogen-bond donors (Lipinski definition) is 2. The van der Waals surface area contributed by atoms with Crippen molar-refractivity contribution in [3.63, 3.8) is 0 Å². The molecule has 2 N–H and O–H groups in total. The number of fused-ring (bicyclic) bond motifs is 2. The molecule has 2 bridgehead atoms. The van der Waals surface area contributed by atoms with Crippen molar-refractivity contribution in [1.29, 1.82) is 0 Å². The summed E-state index contributed by atoms with van der Waals surface area (Å²) < 4.78 is 0. The third kappa shape index (κ3) is 0.575. The van der Waals surface area contributed by atoms with E-state index in [9.17, 15) is 10.2 Å². The summed E-state index contributed by atoms with van der Waals surface area (Å²) >= 11 is 0. The largest absolute Gasteiger partial charge is 0.390 e. The summed E-state index contributed by atoms with van der Waals surface area (Å²) in [6.45, 7) is 0. The predicted octanol–water partition coefficient (Wildman–Crippen LogP) is -0.0859. The molecule has 0 aromatic heterocycles. The Balaban J connectivity index is 2.26. The minimum atomic E-state index is -0.486. The van der Waals surface area contributed by atoms with Gasteiger partial charge in [-0.3, -0.25) is 0 Å². The van der Waals surface area contributed by atoms with Crippen LogP contribution in [0.3, 0.4) is 0 Å². The minimum absolute atomic E-state index is 0.241. The molecule has 0 heterocycles. The first-order chi connectivity index (χ1) is 4.29. The van der Waals surface area contributed by atoms with Crippen LogP contribution in [0.25, 0.3) is 0 Å². The molecule has 0 amide bonds. The second kappa shape index (κ2) is 1.58. The summed E-state index contributed by atoms with van der Waals surface area (Å²) in [7, 11) is 0. The summed E-state index contributed by atoms with van der Waals surface area (Å²) in [6.07, 6.45) is 3.98. The smallest absolute Gasteiger partial charge is 0.0867 e. The average Bonchev–Trinajstić information content (AvgIpc) is 2.37. The van der Waals surface area contributed by atoms with E-state index in [4.69, 9.17) is 0 Å². The molecular weight excluding hydrogens is 116 g/mol. The van der Waals surface area contributed by atoms with Gasteiger partial charge in [-0.25, -0.2) is 0 Å². The molecule has 2 heteroatoms. The summed E-state index contributed by atoms with van der Waals surface area (Å²) in [5.41, 5.74) is 0. The molecule has 9 heavy (non-hydrogen) atoms. The Morgan fingerprint density at radius 1 is 1.00 bits per heavy atom. The number of aliphatic hydroxyl groups is 2. The standard InChI is InChI=1S/C7H10O2/c8-6-4-1-2-5(3-4)7(6)9/h1-2,4-9H,3H2/t4-,5+,6?,7?. The van der Waals surface area contributed by atoms with Crippen molar-refractivity contribution < 1.29 is 10.2 Å². The zero-order valence-electron chi connectivity index (χ0n) is 5.07. The van der Waals surface area contributed by atoms with Crippen molar-refractivity contribution in [1.82, 2.24) is 0 Å². The van der Waals surface area contributed by atoms with Crippen LogP contribution in [-0.4, -0.2) is 22.4 Å². The SMILES string of the molecule is OC1C(O)[C@H]2C=C[C@@H]1C2. The number of rotatable bonds is 0. The van der Waals surface area contributed by atoms with Gasteiger partial charge < -0.3 is 10.2 Å². The molecule has 50 valence electrons. The van der Waals surface area contributed by atoms with Crippen LogP contribution in [0.4, 0.5) is 0 Å². The quantitative estimate of drug-likeness (QED) is 0.445. The molecule has 2 unspecified atom stereocenters. The van der Waals surface area contributed by atoms with E-state index < -0.39 is 12.2 Å². The van der Waals surface area contributed by atoms with E-state index in [2.05, 4.69) is 0 Å². The maximum absolute atomic E-state index is 9.19. The minimum Gasteiger partial charge on any atom is -0.390 e. The van der Waals surface area contributed by atoms with Crippen LogP contribution in [0.2, 0.25) is 0 Å². The van der Waals surface area contributed by atoms with Crippen LogP contribution in [0, 0.1) is 11.8 Å². The predicted molar refractivity (Wildman–Crippen MR) is 32.8 cm³/mol. The van der Waals surface area contributed by atoms with E-state index in [0.717, 1.165) is 6.42 Å². The molecule has 2 aliphatic carbocycles. The lowest BCUT2D eigenvalue weighted by Gasteiger charge is -2.17.